The molecule has 0 unspecified atom stereocenters. The molecule has 156 valence electrons. The van der Waals surface area contributed by atoms with E-state index in [0.717, 1.165) is 11.1 Å². The summed E-state index contributed by atoms with van der Waals surface area (Å²) in [6.45, 7) is 0.447. The number of carboxylic acids is 1. The molecule has 5 nitrogen and oxygen atoms in total. The van der Waals surface area contributed by atoms with Crippen molar-refractivity contribution in [2.45, 2.75) is 5.92 Å². The molecule has 0 atom stereocenters. The Balaban J connectivity index is 1.35. The van der Waals surface area contributed by atoms with Crippen LogP contribution in [0.2, 0.25) is 5.02 Å². The Morgan fingerprint density at radius 3 is 2.29 bits per heavy atom. The summed E-state index contributed by atoms with van der Waals surface area (Å²) in [5, 5.41) is 12.3. The molecule has 0 aliphatic heterocycles. The molecule has 2 N–H and O–H groups in total. The fourth-order valence-electron chi connectivity index (χ4n) is 3.84. The highest BCUT2D eigenvalue weighted by molar-refractivity contribution is 6.31. The SMILES string of the molecule is O=C(NCC=Cc1ccc(Cl)cc1C(=O)O)OCC1c2ccccc2-c2ccccc21. The van der Waals surface area contributed by atoms with Crippen molar-refractivity contribution in [1.29, 1.82) is 0 Å². The molecule has 3 aromatic rings. The minimum absolute atomic E-state index is 0.000819. The minimum Gasteiger partial charge on any atom is -0.478 e. The van der Waals surface area contributed by atoms with Gasteiger partial charge < -0.3 is 15.2 Å². The van der Waals surface area contributed by atoms with Crippen LogP contribution in [-0.2, 0) is 4.74 Å². The summed E-state index contributed by atoms with van der Waals surface area (Å²) < 4.78 is 5.47. The molecule has 1 aliphatic carbocycles. The Bertz CT molecular complexity index is 1130. The van der Waals surface area contributed by atoms with E-state index in [-0.39, 0.29) is 24.6 Å². The molecule has 6 heteroatoms. The molecule has 4 rings (SSSR count). The molecule has 0 heterocycles. The van der Waals surface area contributed by atoms with Crippen LogP contribution in [0.25, 0.3) is 17.2 Å². The number of halogens is 1. The van der Waals surface area contributed by atoms with Crippen molar-refractivity contribution in [3.8, 4) is 11.1 Å². The van der Waals surface area contributed by atoms with E-state index in [4.69, 9.17) is 16.3 Å². The van der Waals surface area contributed by atoms with Gasteiger partial charge in [-0.1, -0.05) is 78.4 Å². The topological polar surface area (TPSA) is 75.6 Å². The molecule has 0 saturated carbocycles. The van der Waals surface area contributed by atoms with Gasteiger partial charge in [-0.15, -0.1) is 0 Å². The van der Waals surface area contributed by atoms with Crippen molar-refractivity contribution in [2.24, 2.45) is 0 Å². The summed E-state index contributed by atoms with van der Waals surface area (Å²) in [4.78, 5) is 23.5. The zero-order chi connectivity index (χ0) is 21.8. The maximum Gasteiger partial charge on any atom is 0.407 e. The summed E-state index contributed by atoms with van der Waals surface area (Å²) in [6.07, 6.45) is 2.77. The Kier molecular flexibility index (Phi) is 6.05. The lowest BCUT2D eigenvalue weighted by Gasteiger charge is -2.14. The highest BCUT2D eigenvalue weighted by atomic mass is 35.5. The van der Waals surface area contributed by atoms with E-state index in [9.17, 15) is 14.7 Å². The Hall–Kier alpha value is -3.57. The lowest BCUT2D eigenvalue weighted by atomic mass is 9.98. The summed E-state index contributed by atoms with van der Waals surface area (Å²) in [6, 6.07) is 20.9. The van der Waals surface area contributed by atoms with Crippen LogP contribution in [0.5, 0.6) is 0 Å². The third-order valence-corrected chi connectivity index (χ3v) is 5.49. The lowest BCUT2D eigenvalue weighted by molar-refractivity contribution is 0.0696. The number of carbonyl (C=O) groups excluding carboxylic acids is 1. The lowest BCUT2D eigenvalue weighted by Crippen LogP contribution is -2.26. The van der Waals surface area contributed by atoms with Crippen molar-refractivity contribution in [3.05, 3.63) is 100 Å². The van der Waals surface area contributed by atoms with Gasteiger partial charge in [0.1, 0.15) is 6.61 Å². The van der Waals surface area contributed by atoms with Crippen LogP contribution < -0.4 is 5.32 Å². The second-order valence-electron chi connectivity index (χ2n) is 7.15. The molecule has 3 aromatic carbocycles. The largest absolute Gasteiger partial charge is 0.478 e. The van der Waals surface area contributed by atoms with Gasteiger partial charge in [0, 0.05) is 17.5 Å². The summed E-state index contributed by atoms with van der Waals surface area (Å²) in [5.74, 6) is -1.06. The first-order valence-electron chi connectivity index (χ1n) is 9.83. The van der Waals surface area contributed by atoms with Crippen molar-refractivity contribution in [3.63, 3.8) is 0 Å². The van der Waals surface area contributed by atoms with E-state index >= 15 is 0 Å². The van der Waals surface area contributed by atoms with Gasteiger partial charge in [-0.25, -0.2) is 9.59 Å². The predicted molar refractivity (Wildman–Crippen MR) is 121 cm³/mol. The smallest absolute Gasteiger partial charge is 0.407 e. The number of benzene rings is 3. The number of hydrogen-bond donors (Lipinski definition) is 2. The fourth-order valence-corrected chi connectivity index (χ4v) is 4.01. The Morgan fingerprint density at radius 2 is 1.65 bits per heavy atom. The quantitative estimate of drug-likeness (QED) is 0.531. The molecule has 1 aliphatic rings. The first-order chi connectivity index (χ1) is 15.0. The molecule has 31 heavy (non-hydrogen) atoms. The number of nitrogens with one attached hydrogen (secondary N) is 1. The van der Waals surface area contributed by atoms with Gasteiger partial charge in [0.2, 0.25) is 0 Å². The number of rotatable bonds is 6. The molecule has 0 aromatic heterocycles. The van der Waals surface area contributed by atoms with Gasteiger partial charge in [0.05, 0.1) is 5.56 Å². The molecule has 0 fully saturated rings. The van der Waals surface area contributed by atoms with E-state index in [0.29, 0.717) is 10.6 Å². The highest BCUT2D eigenvalue weighted by Crippen LogP contribution is 2.44. The van der Waals surface area contributed by atoms with E-state index in [2.05, 4.69) is 29.6 Å². The van der Waals surface area contributed by atoms with Gasteiger partial charge in [-0.3, -0.25) is 0 Å². The number of ether oxygens (including phenoxy) is 1. The standard InChI is InChI=1S/C25H20ClNO4/c26-17-12-11-16(22(14-17)24(28)29)6-5-13-27-25(30)31-15-23-20-9-3-1-7-18(20)19-8-2-4-10-21(19)23/h1-12,14,23H,13,15H2,(H,27,30)(H,28,29). The van der Waals surface area contributed by atoms with Gasteiger partial charge in [0.25, 0.3) is 0 Å². The monoisotopic (exact) mass is 433 g/mol. The first kappa shape index (κ1) is 20.7. The number of alkyl carbamates (subject to hydrolysis) is 1. The van der Waals surface area contributed by atoms with Gasteiger partial charge in [0.15, 0.2) is 0 Å². The number of fused-ring (bicyclic) bond motifs is 3. The summed E-state index contributed by atoms with van der Waals surface area (Å²) >= 11 is 5.85. The van der Waals surface area contributed by atoms with Crippen molar-refractivity contribution >= 4 is 29.7 Å². The van der Waals surface area contributed by atoms with Crippen LogP contribution in [0.3, 0.4) is 0 Å². The Labute approximate surface area is 184 Å². The molecular formula is C25H20ClNO4. The number of carboxylic acid groups (broad SMARTS) is 1. The third kappa shape index (κ3) is 4.47. The van der Waals surface area contributed by atoms with E-state index < -0.39 is 12.1 Å². The molecule has 0 bridgehead atoms. The fraction of sp³-hybridized carbons (Fsp3) is 0.120. The van der Waals surface area contributed by atoms with Crippen LogP contribution in [0.15, 0.2) is 72.8 Å². The van der Waals surface area contributed by atoms with Gasteiger partial charge >= 0.3 is 12.1 Å². The normalized spacial score (nSPS) is 12.4. The van der Waals surface area contributed by atoms with Crippen LogP contribution in [0, 0.1) is 0 Å². The zero-order valence-electron chi connectivity index (χ0n) is 16.5. The molecule has 0 saturated heterocycles. The maximum absolute atomic E-state index is 12.2. The van der Waals surface area contributed by atoms with Crippen molar-refractivity contribution in [2.75, 3.05) is 13.2 Å². The molecule has 1 amide bonds. The van der Waals surface area contributed by atoms with E-state index in [1.54, 1.807) is 24.3 Å². The number of carbonyl (C=O) groups is 2. The summed E-state index contributed by atoms with van der Waals surface area (Å²) in [5.41, 5.74) is 5.26. The van der Waals surface area contributed by atoms with E-state index in [1.807, 2.05) is 24.3 Å². The second kappa shape index (κ2) is 9.06. The molecule has 0 radical (unpaired) electrons. The van der Waals surface area contributed by atoms with Gasteiger partial charge in [-0.2, -0.15) is 0 Å². The second-order valence-corrected chi connectivity index (χ2v) is 7.58. The summed E-state index contributed by atoms with van der Waals surface area (Å²) in [7, 11) is 0. The average Bonchev–Trinajstić information content (AvgIpc) is 3.10. The van der Waals surface area contributed by atoms with Gasteiger partial charge in [-0.05, 0) is 39.9 Å². The first-order valence-corrected chi connectivity index (χ1v) is 10.2. The molecule has 0 spiro atoms. The highest BCUT2D eigenvalue weighted by Gasteiger charge is 2.28. The number of amides is 1. The third-order valence-electron chi connectivity index (χ3n) is 5.25. The molecular weight excluding hydrogens is 414 g/mol. The van der Waals surface area contributed by atoms with E-state index in [1.165, 1.54) is 17.2 Å². The number of hydrogen-bond acceptors (Lipinski definition) is 3. The van der Waals surface area contributed by atoms with Crippen molar-refractivity contribution in [1.82, 2.24) is 5.32 Å². The minimum atomic E-state index is -1.06. The Morgan fingerprint density at radius 1 is 1.00 bits per heavy atom. The van der Waals surface area contributed by atoms with Crippen LogP contribution in [-0.4, -0.2) is 30.3 Å². The van der Waals surface area contributed by atoms with Crippen LogP contribution >= 0.6 is 11.6 Å². The maximum atomic E-state index is 12.2. The van der Waals surface area contributed by atoms with Crippen molar-refractivity contribution < 1.29 is 19.4 Å². The average molecular weight is 434 g/mol. The van der Waals surface area contributed by atoms with Crippen LogP contribution in [0.1, 0.15) is 33.0 Å². The zero-order valence-corrected chi connectivity index (χ0v) is 17.3. The predicted octanol–water partition coefficient (Wildman–Crippen LogP) is 5.59. The van der Waals surface area contributed by atoms with Crippen LogP contribution in [0.4, 0.5) is 4.79 Å². The number of aromatic carboxylic acids is 1.